The molecule has 0 saturated heterocycles. The second kappa shape index (κ2) is 6.51. The first kappa shape index (κ1) is 15.4. The maximum Gasteiger partial charge on any atom is 0.252 e. The Morgan fingerprint density at radius 3 is 2.63 bits per heavy atom. The van der Waals surface area contributed by atoms with Gasteiger partial charge in [0.05, 0.1) is 17.8 Å². The molecule has 0 unspecified atom stereocenters. The van der Waals surface area contributed by atoms with Gasteiger partial charge < -0.3 is 16.4 Å². The molecule has 0 atom stereocenters. The number of carbonyl (C=O) groups excluding carboxylic acids is 2. The van der Waals surface area contributed by atoms with Crippen LogP contribution in [0.3, 0.4) is 0 Å². The zero-order valence-electron chi connectivity index (χ0n) is 10.6. The normalized spacial score (nSPS) is 10.4. The van der Waals surface area contributed by atoms with E-state index in [9.17, 15) is 14.0 Å². The molecule has 0 bridgehead atoms. The fraction of sp³-hybridized carbons (Fsp3) is 0.333. The number of amides is 2. The summed E-state index contributed by atoms with van der Waals surface area (Å²) in [6.45, 7) is 3.48. The highest BCUT2D eigenvalue weighted by molar-refractivity contribution is 9.10. The number of hydrogen-bond acceptors (Lipinski definition) is 3. The molecule has 104 valence electrons. The fourth-order valence-corrected chi connectivity index (χ4v) is 1.86. The number of nitrogen functional groups attached to an aromatic ring is 1. The summed E-state index contributed by atoms with van der Waals surface area (Å²) < 4.78 is 13.4. The molecule has 1 aromatic carbocycles. The van der Waals surface area contributed by atoms with E-state index in [4.69, 9.17) is 5.73 Å². The Labute approximate surface area is 118 Å². The van der Waals surface area contributed by atoms with E-state index in [1.807, 2.05) is 13.8 Å². The average molecular weight is 332 g/mol. The largest absolute Gasteiger partial charge is 0.396 e. The van der Waals surface area contributed by atoms with Crippen LogP contribution >= 0.6 is 15.9 Å². The van der Waals surface area contributed by atoms with Crippen molar-refractivity contribution in [2.45, 2.75) is 19.9 Å². The zero-order valence-corrected chi connectivity index (χ0v) is 12.2. The van der Waals surface area contributed by atoms with E-state index in [1.54, 1.807) is 0 Å². The lowest BCUT2D eigenvalue weighted by Crippen LogP contribution is -2.39. The van der Waals surface area contributed by atoms with E-state index in [2.05, 4.69) is 26.6 Å². The van der Waals surface area contributed by atoms with Crippen molar-refractivity contribution in [2.24, 2.45) is 0 Å². The quantitative estimate of drug-likeness (QED) is 0.729. The number of rotatable bonds is 4. The SMILES string of the molecule is CC(C)NC(=O)CNC(=O)c1cc(N)c(F)cc1Br. The summed E-state index contributed by atoms with van der Waals surface area (Å²) in [6, 6.07) is 2.32. The zero-order chi connectivity index (χ0) is 14.6. The van der Waals surface area contributed by atoms with Crippen LogP contribution in [0.25, 0.3) is 0 Å². The van der Waals surface area contributed by atoms with Gasteiger partial charge in [0.15, 0.2) is 0 Å². The molecular weight excluding hydrogens is 317 g/mol. The van der Waals surface area contributed by atoms with Gasteiger partial charge in [-0.1, -0.05) is 0 Å². The maximum absolute atomic E-state index is 13.1. The lowest BCUT2D eigenvalue weighted by Gasteiger charge is -2.10. The highest BCUT2D eigenvalue weighted by Gasteiger charge is 2.14. The molecule has 4 N–H and O–H groups in total. The molecule has 0 heterocycles. The first-order valence-corrected chi connectivity index (χ1v) is 6.42. The molecule has 0 saturated carbocycles. The third-order valence-electron chi connectivity index (χ3n) is 2.19. The van der Waals surface area contributed by atoms with Gasteiger partial charge in [-0.3, -0.25) is 9.59 Å². The van der Waals surface area contributed by atoms with E-state index in [0.717, 1.165) is 6.07 Å². The Morgan fingerprint density at radius 2 is 2.05 bits per heavy atom. The van der Waals surface area contributed by atoms with E-state index in [-0.39, 0.29) is 34.2 Å². The smallest absolute Gasteiger partial charge is 0.252 e. The summed E-state index contributed by atoms with van der Waals surface area (Å²) in [7, 11) is 0. The number of anilines is 1. The minimum atomic E-state index is -0.610. The molecule has 0 aliphatic carbocycles. The van der Waals surface area contributed by atoms with Crippen molar-refractivity contribution in [3.63, 3.8) is 0 Å². The van der Waals surface area contributed by atoms with Crippen molar-refractivity contribution in [1.29, 1.82) is 0 Å². The van der Waals surface area contributed by atoms with Crippen LogP contribution in [-0.4, -0.2) is 24.4 Å². The maximum atomic E-state index is 13.1. The standard InChI is InChI=1S/C12H15BrFN3O2/c1-6(2)17-11(18)5-16-12(19)7-3-10(15)9(14)4-8(7)13/h3-4,6H,5,15H2,1-2H3,(H,16,19)(H,17,18). The number of nitrogens with two attached hydrogens (primary N) is 1. The van der Waals surface area contributed by atoms with Gasteiger partial charge in [0.1, 0.15) is 5.82 Å². The van der Waals surface area contributed by atoms with E-state index < -0.39 is 11.7 Å². The monoisotopic (exact) mass is 331 g/mol. The summed E-state index contributed by atoms with van der Waals surface area (Å²) in [4.78, 5) is 23.2. The van der Waals surface area contributed by atoms with Crippen molar-refractivity contribution < 1.29 is 14.0 Å². The molecule has 7 heteroatoms. The number of nitrogens with one attached hydrogen (secondary N) is 2. The van der Waals surface area contributed by atoms with Gasteiger partial charge in [-0.15, -0.1) is 0 Å². The minimum Gasteiger partial charge on any atom is -0.396 e. The summed E-state index contributed by atoms with van der Waals surface area (Å²) in [5, 5.41) is 5.07. The Balaban J connectivity index is 2.69. The Morgan fingerprint density at radius 1 is 1.42 bits per heavy atom. The van der Waals surface area contributed by atoms with Crippen LogP contribution in [0.15, 0.2) is 16.6 Å². The van der Waals surface area contributed by atoms with Crippen molar-refractivity contribution in [2.75, 3.05) is 12.3 Å². The second-order valence-corrected chi connectivity index (χ2v) is 5.11. The lowest BCUT2D eigenvalue weighted by molar-refractivity contribution is -0.120. The summed E-state index contributed by atoms with van der Waals surface area (Å²) in [5.41, 5.74) is 5.45. The van der Waals surface area contributed by atoms with Gasteiger partial charge in [-0.2, -0.15) is 0 Å². The lowest BCUT2D eigenvalue weighted by atomic mass is 10.2. The van der Waals surface area contributed by atoms with E-state index in [0.29, 0.717) is 0 Å². The van der Waals surface area contributed by atoms with Gasteiger partial charge in [0.25, 0.3) is 5.91 Å². The van der Waals surface area contributed by atoms with Crippen LogP contribution in [0.5, 0.6) is 0 Å². The Hall–Kier alpha value is -1.63. The molecule has 5 nitrogen and oxygen atoms in total. The van der Waals surface area contributed by atoms with Crippen LogP contribution in [0, 0.1) is 5.82 Å². The average Bonchev–Trinajstić information content (AvgIpc) is 2.30. The first-order valence-electron chi connectivity index (χ1n) is 5.63. The van der Waals surface area contributed by atoms with Crippen LogP contribution < -0.4 is 16.4 Å². The number of hydrogen-bond donors (Lipinski definition) is 3. The predicted molar refractivity (Wildman–Crippen MR) is 74.1 cm³/mol. The Bertz CT molecular complexity index is 506. The van der Waals surface area contributed by atoms with Crippen LogP contribution in [0.1, 0.15) is 24.2 Å². The summed E-state index contributed by atoms with van der Waals surface area (Å²) >= 11 is 3.07. The van der Waals surface area contributed by atoms with Crippen molar-refractivity contribution >= 4 is 33.4 Å². The van der Waals surface area contributed by atoms with Gasteiger partial charge >= 0.3 is 0 Å². The van der Waals surface area contributed by atoms with E-state index >= 15 is 0 Å². The molecule has 2 amide bonds. The highest BCUT2D eigenvalue weighted by atomic mass is 79.9. The molecule has 0 radical (unpaired) electrons. The van der Waals surface area contributed by atoms with Crippen molar-refractivity contribution in [3.8, 4) is 0 Å². The predicted octanol–water partition coefficient (Wildman–Crippen LogP) is 1.42. The molecule has 1 rings (SSSR count). The third kappa shape index (κ3) is 4.51. The van der Waals surface area contributed by atoms with Gasteiger partial charge in [0.2, 0.25) is 5.91 Å². The van der Waals surface area contributed by atoms with Gasteiger partial charge in [-0.05, 0) is 41.9 Å². The molecular formula is C12H15BrFN3O2. The van der Waals surface area contributed by atoms with Crippen molar-refractivity contribution in [3.05, 3.63) is 28.0 Å². The minimum absolute atomic E-state index is 0.00222. The van der Waals surface area contributed by atoms with Crippen molar-refractivity contribution in [1.82, 2.24) is 10.6 Å². The number of carbonyl (C=O) groups is 2. The van der Waals surface area contributed by atoms with Gasteiger partial charge in [-0.25, -0.2) is 4.39 Å². The Kier molecular flexibility index (Phi) is 5.29. The molecule has 0 aliphatic heterocycles. The topological polar surface area (TPSA) is 84.2 Å². The van der Waals surface area contributed by atoms with Crippen LogP contribution in [0.2, 0.25) is 0 Å². The van der Waals surface area contributed by atoms with E-state index in [1.165, 1.54) is 6.07 Å². The summed E-state index contributed by atoms with van der Waals surface area (Å²) in [6.07, 6.45) is 0. The molecule has 0 fully saturated rings. The molecule has 19 heavy (non-hydrogen) atoms. The summed E-state index contributed by atoms with van der Waals surface area (Å²) in [5.74, 6) is -1.41. The fourth-order valence-electron chi connectivity index (χ4n) is 1.37. The van der Waals surface area contributed by atoms with Crippen LogP contribution in [-0.2, 0) is 4.79 Å². The molecule has 0 aliphatic rings. The van der Waals surface area contributed by atoms with Gasteiger partial charge in [0, 0.05) is 10.5 Å². The number of benzene rings is 1. The first-order chi connectivity index (χ1) is 8.81. The second-order valence-electron chi connectivity index (χ2n) is 4.26. The third-order valence-corrected chi connectivity index (χ3v) is 2.85. The highest BCUT2D eigenvalue weighted by Crippen LogP contribution is 2.22. The molecule has 1 aromatic rings. The molecule has 0 aromatic heterocycles. The molecule has 0 spiro atoms. The number of halogens is 2. The van der Waals surface area contributed by atoms with Crippen LogP contribution in [0.4, 0.5) is 10.1 Å².